The average Bonchev–Trinajstić information content (AvgIpc) is 1.25. The van der Waals surface area contributed by atoms with Crippen LogP contribution in [0.2, 0.25) is 0 Å². The van der Waals surface area contributed by atoms with Gasteiger partial charge in [-0.1, -0.05) is 27.7 Å². The molecule has 0 aromatic rings. The third-order valence-electron chi connectivity index (χ3n) is 0. The Morgan fingerprint density at radius 1 is 0.727 bits per heavy atom. The van der Waals surface area contributed by atoms with E-state index >= 15 is 0 Å². The maximum absolute atomic E-state index is 3.64. The SMILES string of the molecule is O.O.[CH2-]C(C)C.[CH2-]C(C)C.[Zr+2]. The van der Waals surface area contributed by atoms with Gasteiger partial charge in [0.15, 0.2) is 0 Å². The van der Waals surface area contributed by atoms with Crippen molar-refractivity contribution in [3.63, 3.8) is 0 Å². The molecule has 0 amide bonds. The minimum absolute atomic E-state index is 0. The second-order valence-electron chi connectivity index (χ2n) is 2.79. The largest absolute Gasteiger partial charge is 2.00 e. The first-order chi connectivity index (χ1) is 3.46. The summed E-state index contributed by atoms with van der Waals surface area (Å²) >= 11 is 0. The Hall–Kier alpha value is 0.803. The van der Waals surface area contributed by atoms with Crippen molar-refractivity contribution in [2.24, 2.45) is 11.8 Å². The molecule has 0 heterocycles. The molecule has 0 aromatic carbocycles. The quantitative estimate of drug-likeness (QED) is 0.574. The topological polar surface area (TPSA) is 63.0 Å². The zero-order valence-electron chi connectivity index (χ0n) is 8.07. The fraction of sp³-hybridized carbons (Fsp3) is 0.750. The molecule has 0 aliphatic rings. The molecule has 70 valence electrons. The van der Waals surface area contributed by atoms with E-state index in [-0.39, 0.29) is 37.2 Å². The minimum atomic E-state index is 0. The van der Waals surface area contributed by atoms with E-state index in [9.17, 15) is 0 Å². The van der Waals surface area contributed by atoms with Crippen molar-refractivity contribution < 1.29 is 37.2 Å². The maximum Gasteiger partial charge on any atom is 2.00 e. The van der Waals surface area contributed by atoms with Gasteiger partial charge in [-0.3, -0.25) is 0 Å². The first kappa shape index (κ1) is 29.8. The van der Waals surface area contributed by atoms with Gasteiger partial charge in [0, 0.05) is 0 Å². The molecule has 2 nitrogen and oxygen atoms in total. The third kappa shape index (κ3) is 1300. The van der Waals surface area contributed by atoms with E-state index in [0.717, 1.165) is 0 Å². The first-order valence-corrected chi connectivity index (χ1v) is 3.13. The summed E-state index contributed by atoms with van der Waals surface area (Å²) in [6.07, 6.45) is 0. The summed E-state index contributed by atoms with van der Waals surface area (Å²) in [5.74, 6) is 1.17. The van der Waals surface area contributed by atoms with Crippen LogP contribution in [-0.2, 0) is 26.2 Å². The van der Waals surface area contributed by atoms with Gasteiger partial charge in [0.1, 0.15) is 0 Å². The molecule has 0 radical (unpaired) electrons. The molecule has 0 unspecified atom stereocenters. The molecule has 0 aliphatic heterocycles. The van der Waals surface area contributed by atoms with Crippen LogP contribution in [0.25, 0.3) is 0 Å². The minimum Gasteiger partial charge on any atom is -0.412 e. The Morgan fingerprint density at radius 2 is 0.727 bits per heavy atom. The predicted molar refractivity (Wildman–Crippen MR) is 47.6 cm³/mol. The van der Waals surface area contributed by atoms with Crippen LogP contribution >= 0.6 is 0 Å². The van der Waals surface area contributed by atoms with Gasteiger partial charge in [0.25, 0.3) is 0 Å². The molecule has 3 heteroatoms. The Kier molecular flexibility index (Phi) is 60.7. The van der Waals surface area contributed by atoms with Crippen molar-refractivity contribution in [3.05, 3.63) is 13.8 Å². The summed E-state index contributed by atoms with van der Waals surface area (Å²) in [5, 5.41) is 0. The van der Waals surface area contributed by atoms with Crippen LogP contribution in [0.3, 0.4) is 0 Å². The van der Waals surface area contributed by atoms with Crippen molar-refractivity contribution in [1.82, 2.24) is 0 Å². The van der Waals surface area contributed by atoms with Gasteiger partial charge in [0.2, 0.25) is 0 Å². The number of hydrogen-bond acceptors (Lipinski definition) is 0. The summed E-state index contributed by atoms with van der Waals surface area (Å²) < 4.78 is 0. The van der Waals surface area contributed by atoms with Gasteiger partial charge >= 0.3 is 26.2 Å². The summed E-state index contributed by atoms with van der Waals surface area (Å²) in [6.45, 7) is 15.5. The summed E-state index contributed by atoms with van der Waals surface area (Å²) in [7, 11) is 0. The van der Waals surface area contributed by atoms with Crippen LogP contribution in [0.15, 0.2) is 0 Å². The number of hydrogen-bond donors (Lipinski definition) is 0. The second-order valence-corrected chi connectivity index (χ2v) is 2.79. The molecule has 0 aromatic heterocycles. The molecular weight excluding hydrogens is 219 g/mol. The van der Waals surface area contributed by atoms with Crippen LogP contribution in [0.5, 0.6) is 0 Å². The normalized spacial score (nSPS) is 6.55. The second kappa shape index (κ2) is 22.4. The molecule has 11 heavy (non-hydrogen) atoms. The summed E-state index contributed by atoms with van der Waals surface area (Å²) in [6, 6.07) is 0. The Morgan fingerprint density at radius 3 is 0.727 bits per heavy atom. The van der Waals surface area contributed by atoms with Crippen LogP contribution in [0.1, 0.15) is 27.7 Å². The van der Waals surface area contributed by atoms with Gasteiger partial charge in [-0.2, -0.15) is 11.8 Å². The van der Waals surface area contributed by atoms with Crippen LogP contribution in [0.4, 0.5) is 0 Å². The fourth-order valence-electron chi connectivity index (χ4n) is 0. The Labute approximate surface area is 90.5 Å². The molecule has 4 N–H and O–H groups in total. The smallest absolute Gasteiger partial charge is 0.412 e. The van der Waals surface area contributed by atoms with E-state index in [0.29, 0.717) is 11.8 Å². The fourth-order valence-corrected chi connectivity index (χ4v) is 0. The predicted octanol–water partition coefficient (Wildman–Crippen LogP) is 1.30. The zero-order valence-corrected chi connectivity index (χ0v) is 10.5. The van der Waals surface area contributed by atoms with Crippen molar-refractivity contribution in [1.29, 1.82) is 0 Å². The van der Waals surface area contributed by atoms with E-state index < -0.39 is 0 Å². The molecule has 0 spiro atoms. The molecule has 0 saturated heterocycles. The van der Waals surface area contributed by atoms with Crippen molar-refractivity contribution in [2.75, 3.05) is 0 Å². The Bertz CT molecular complexity index is 27.6. The standard InChI is InChI=1S/2C4H9.2H2O.Zr/c2*1-4(2)3;;;/h2*4H,1H2,2-3H3;2*1H2;/q2*-1;;;+2. The van der Waals surface area contributed by atoms with Crippen molar-refractivity contribution in [3.8, 4) is 0 Å². The first-order valence-electron chi connectivity index (χ1n) is 3.13. The molecule has 0 bridgehead atoms. The average molecular weight is 241 g/mol. The zero-order chi connectivity index (χ0) is 7.15. The van der Waals surface area contributed by atoms with E-state index in [2.05, 4.69) is 41.5 Å². The van der Waals surface area contributed by atoms with E-state index in [4.69, 9.17) is 0 Å². The monoisotopic (exact) mass is 240 g/mol. The van der Waals surface area contributed by atoms with E-state index in [1.165, 1.54) is 0 Å². The van der Waals surface area contributed by atoms with Crippen LogP contribution < -0.4 is 0 Å². The number of rotatable bonds is 0. The van der Waals surface area contributed by atoms with E-state index in [1.54, 1.807) is 0 Å². The molecular formula is C8H22O2Zr. The van der Waals surface area contributed by atoms with Crippen LogP contribution in [-0.4, -0.2) is 11.0 Å². The van der Waals surface area contributed by atoms with Crippen molar-refractivity contribution >= 4 is 0 Å². The van der Waals surface area contributed by atoms with Gasteiger partial charge in [-0.25, -0.2) is 0 Å². The molecule has 0 fully saturated rings. The maximum atomic E-state index is 3.64. The van der Waals surface area contributed by atoms with Crippen LogP contribution in [0, 0.1) is 25.7 Å². The molecule has 0 aliphatic carbocycles. The third-order valence-corrected chi connectivity index (χ3v) is 0. The van der Waals surface area contributed by atoms with Gasteiger partial charge in [-0.15, -0.1) is 0 Å². The van der Waals surface area contributed by atoms with Gasteiger partial charge in [-0.05, 0) is 0 Å². The summed E-state index contributed by atoms with van der Waals surface area (Å²) in [4.78, 5) is 0. The molecule has 0 saturated carbocycles. The molecule has 0 atom stereocenters. The van der Waals surface area contributed by atoms with Gasteiger partial charge in [0.05, 0.1) is 0 Å². The van der Waals surface area contributed by atoms with Crippen molar-refractivity contribution in [2.45, 2.75) is 27.7 Å². The Balaban J connectivity index is -0.0000000171. The summed E-state index contributed by atoms with van der Waals surface area (Å²) in [5.41, 5.74) is 0. The van der Waals surface area contributed by atoms with Gasteiger partial charge < -0.3 is 24.8 Å². The van der Waals surface area contributed by atoms with E-state index in [1.807, 2.05) is 0 Å². The molecule has 0 rings (SSSR count).